The molecule has 0 radical (unpaired) electrons. The summed E-state index contributed by atoms with van der Waals surface area (Å²) in [5.74, 6) is 0.621. The number of fused-ring (bicyclic) bond motifs is 1. The lowest BCUT2D eigenvalue weighted by molar-refractivity contribution is -0.116. The van der Waals surface area contributed by atoms with Crippen molar-refractivity contribution in [3.63, 3.8) is 0 Å². The highest BCUT2D eigenvalue weighted by Gasteiger charge is 2.36. The van der Waals surface area contributed by atoms with Gasteiger partial charge in [-0.25, -0.2) is 0 Å². The van der Waals surface area contributed by atoms with Crippen molar-refractivity contribution < 1.29 is 4.79 Å². The fourth-order valence-electron chi connectivity index (χ4n) is 3.14. The van der Waals surface area contributed by atoms with Gasteiger partial charge in [0.15, 0.2) is 0 Å². The monoisotopic (exact) mass is 230 g/mol. The second-order valence-electron chi connectivity index (χ2n) is 5.00. The number of nitrogens with zero attached hydrogens (tertiary/aromatic N) is 1. The van der Waals surface area contributed by atoms with E-state index in [-0.39, 0.29) is 5.91 Å². The maximum atomic E-state index is 11.7. The minimum atomic E-state index is 0.151. The van der Waals surface area contributed by atoms with Crippen LogP contribution in [0.25, 0.3) is 0 Å². The Morgan fingerprint density at radius 2 is 2.24 bits per heavy atom. The maximum Gasteiger partial charge on any atom is 0.223 e. The van der Waals surface area contributed by atoms with Gasteiger partial charge in [0.2, 0.25) is 5.91 Å². The number of hydrogen-bond acceptors (Lipinski definition) is 2. The van der Waals surface area contributed by atoms with Crippen LogP contribution in [0.15, 0.2) is 24.3 Å². The third-order valence-corrected chi connectivity index (χ3v) is 3.97. The van der Waals surface area contributed by atoms with Crippen LogP contribution in [0.2, 0.25) is 0 Å². The van der Waals surface area contributed by atoms with Crippen LogP contribution in [-0.4, -0.2) is 25.0 Å². The van der Waals surface area contributed by atoms with Gasteiger partial charge in [-0.2, -0.15) is 0 Å². The van der Waals surface area contributed by atoms with Crippen molar-refractivity contribution in [1.82, 2.24) is 5.32 Å². The van der Waals surface area contributed by atoms with Crippen LogP contribution in [0.5, 0.6) is 0 Å². The molecule has 2 aliphatic heterocycles. The molecule has 1 aromatic carbocycles. The Bertz CT molecular complexity index is 438. The molecule has 0 bridgehead atoms. The summed E-state index contributed by atoms with van der Waals surface area (Å²) >= 11 is 0. The molecule has 17 heavy (non-hydrogen) atoms. The summed E-state index contributed by atoms with van der Waals surface area (Å²) in [6.07, 6.45) is 2.48. The largest absolute Gasteiger partial charge is 0.313 e. The van der Waals surface area contributed by atoms with Crippen molar-refractivity contribution in [3.8, 4) is 0 Å². The van der Waals surface area contributed by atoms with E-state index in [1.807, 2.05) is 11.0 Å². The van der Waals surface area contributed by atoms with Crippen molar-refractivity contribution in [3.05, 3.63) is 29.8 Å². The van der Waals surface area contributed by atoms with Gasteiger partial charge in [0.1, 0.15) is 0 Å². The molecule has 3 heteroatoms. The summed E-state index contributed by atoms with van der Waals surface area (Å²) in [4.78, 5) is 13.6. The van der Waals surface area contributed by atoms with Crippen molar-refractivity contribution in [2.24, 2.45) is 0 Å². The van der Waals surface area contributed by atoms with E-state index in [9.17, 15) is 4.79 Å². The van der Waals surface area contributed by atoms with E-state index in [1.54, 1.807) is 6.92 Å². The topological polar surface area (TPSA) is 32.3 Å². The Labute approximate surface area is 102 Å². The van der Waals surface area contributed by atoms with E-state index >= 15 is 0 Å². The molecule has 1 saturated heterocycles. The number of para-hydroxylation sites is 1. The van der Waals surface area contributed by atoms with Gasteiger partial charge in [-0.1, -0.05) is 18.2 Å². The molecule has 1 amide bonds. The van der Waals surface area contributed by atoms with Crippen LogP contribution >= 0.6 is 0 Å². The second-order valence-corrected chi connectivity index (χ2v) is 5.00. The second kappa shape index (κ2) is 4.15. The zero-order valence-corrected chi connectivity index (χ0v) is 10.1. The number of hydrogen-bond donors (Lipinski definition) is 1. The van der Waals surface area contributed by atoms with Gasteiger partial charge in [0.05, 0.1) is 0 Å². The van der Waals surface area contributed by atoms with Crippen LogP contribution in [0.3, 0.4) is 0 Å². The van der Waals surface area contributed by atoms with E-state index in [2.05, 4.69) is 23.5 Å². The van der Waals surface area contributed by atoms with E-state index in [1.165, 1.54) is 18.4 Å². The number of carbonyl (C=O) groups excluding carboxylic acids is 1. The van der Waals surface area contributed by atoms with Gasteiger partial charge in [0, 0.05) is 31.1 Å². The Hall–Kier alpha value is -1.35. The number of nitrogens with one attached hydrogen (secondary N) is 1. The summed E-state index contributed by atoms with van der Waals surface area (Å²) in [7, 11) is 0. The summed E-state index contributed by atoms with van der Waals surface area (Å²) in [6, 6.07) is 8.86. The first-order chi connectivity index (χ1) is 8.27. The van der Waals surface area contributed by atoms with Gasteiger partial charge in [-0.15, -0.1) is 0 Å². The molecule has 1 aromatic rings. The predicted octanol–water partition coefficient (Wildman–Crippen LogP) is 1.89. The molecule has 3 rings (SSSR count). The Kier molecular flexibility index (Phi) is 2.63. The van der Waals surface area contributed by atoms with Gasteiger partial charge in [-0.3, -0.25) is 4.79 Å². The van der Waals surface area contributed by atoms with Crippen LogP contribution in [-0.2, 0) is 4.79 Å². The van der Waals surface area contributed by atoms with Crippen molar-refractivity contribution in [2.75, 3.05) is 18.0 Å². The third kappa shape index (κ3) is 1.75. The molecule has 0 spiro atoms. The zero-order valence-electron chi connectivity index (χ0n) is 10.1. The van der Waals surface area contributed by atoms with Crippen LogP contribution in [0, 0.1) is 0 Å². The fraction of sp³-hybridized carbons (Fsp3) is 0.500. The van der Waals surface area contributed by atoms with Crippen molar-refractivity contribution >= 4 is 11.6 Å². The zero-order chi connectivity index (χ0) is 11.8. The normalized spacial score (nSPS) is 27.2. The van der Waals surface area contributed by atoms with Crippen LogP contribution < -0.4 is 10.2 Å². The lowest BCUT2D eigenvalue weighted by Gasteiger charge is -2.20. The highest BCUT2D eigenvalue weighted by molar-refractivity contribution is 5.94. The molecule has 0 saturated carbocycles. The standard InChI is InChI=1S/C14H18N2O/c1-10(17)16-9-12(13-6-4-8-15-13)11-5-2-3-7-14(11)16/h2-3,5,7,12-13,15H,4,6,8-9H2,1H3. The fourth-order valence-corrected chi connectivity index (χ4v) is 3.14. The van der Waals surface area contributed by atoms with Crippen molar-refractivity contribution in [1.29, 1.82) is 0 Å². The molecule has 90 valence electrons. The van der Waals surface area contributed by atoms with Gasteiger partial charge in [0.25, 0.3) is 0 Å². The summed E-state index contributed by atoms with van der Waals surface area (Å²) in [6.45, 7) is 3.61. The average molecular weight is 230 g/mol. The summed E-state index contributed by atoms with van der Waals surface area (Å²) in [5.41, 5.74) is 2.45. The van der Waals surface area contributed by atoms with Gasteiger partial charge < -0.3 is 10.2 Å². The number of anilines is 1. The molecule has 2 atom stereocenters. The van der Waals surface area contributed by atoms with Crippen LogP contribution in [0.1, 0.15) is 31.2 Å². The smallest absolute Gasteiger partial charge is 0.223 e. The number of amides is 1. The van der Waals surface area contributed by atoms with E-state index in [0.29, 0.717) is 12.0 Å². The number of carbonyl (C=O) groups is 1. The molecule has 2 aliphatic rings. The minimum absolute atomic E-state index is 0.151. The molecule has 3 nitrogen and oxygen atoms in total. The number of benzene rings is 1. The third-order valence-electron chi connectivity index (χ3n) is 3.97. The lowest BCUT2D eigenvalue weighted by atomic mass is 9.92. The molecule has 0 aromatic heterocycles. The summed E-state index contributed by atoms with van der Waals surface area (Å²) < 4.78 is 0. The molecule has 1 fully saturated rings. The SMILES string of the molecule is CC(=O)N1CC(C2CCCN2)c2ccccc21. The minimum Gasteiger partial charge on any atom is -0.313 e. The first-order valence-electron chi connectivity index (χ1n) is 6.38. The van der Waals surface area contributed by atoms with Gasteiger partial charge in [-0.05, 0) is 31.0 Å². The number of rotatable bonds is 1. The molecular formula is C14H18N2O. The molecule has 0 aliphatic carbocycles. The van der Waals surface area contributed by atoms with E-state index in [0.717, 1.165) is 18.8 Å². The Morgan fingerprint density at radius 3 is 2.94 bits per heavy atom. The highest BCUT2D eigenvalue weighted by atomic mass is 16.2. The average Bonchev–Trinajstić information content (AvgIpc) is 2.95. The maximum absolute atomic E-state index is 11.7. The predicted molar refractivity (Wildman–Crippen MR) is 68.2 cm³/mol. The Morgan fingerprint density at radius 1 is 1.41 bits per heavy atom. The molecule has 1 N–H and O–H groups in total. The highest BCUT2D eigenvalue weighted by Crippen LogP contribution is 2.39. The van der Waals surface area contributed by atoms with Crippen molar-refractivity contribution in [2.45, 2.75) is 31.7 Å². The quantitative estimate of drug-likeness (QED) is 0.799. The lowest BCUT2D eigenvalue weighted by Crippen LogP contribution is -2.34. The molecule has 2 unspecified atom stereocenters. The van der Waals surface area contributed by atoms with E-state index in [4.69, 9.17) is 0 Å². The Balaban J connectivity index is 1.96. The summed E-state index contributed by atoms with van der Waals surface area (Å²) in [5, 5.41) is 3.56. The first kappa shape index (κ1) is 10.8. The van der Waals surface area contributed by atoms with Gasteiger partial charge >= 0.3 is 0 Å². The first-order valence-corrected chi connectivity index (χ1v) is 6.38. The van der Waals surface area contributed by atoms with Crippen LogP contribution in [0.4, 0.5) is 5.69 Å². The molecule has 2 heterocycles. The van der Waals surface area contributed by atoms with E-state index < -0.39 is 0 Å². The molecular weight excluding hydrogens is 212 g/mol.